The number of hydrogen-bond donors (Lipinski definition) is 2. The summed E-state index contributed by atoms with van der Waals surface area (Å²) in [6.07, 6.45) is 1.97. The molecule has 0 aliphatic carbocycles. The van der Waals surface area contributed by atoms with Crippen LogP contribution in [0.25, 0.3) is 0 Å². The van der Waals surface area contributed by atoms with Gasteiger partial charge in [0.2, 0.25) is 5.91 Å². The van der Waals surface area contributed by atoms with Crippen molar-refractivity contribution in [2.75, 3.05) is 40.8 Å². The van der Waals surface area contributed by atoms with E-state index in [1.54, 1.807) is 26.1 Å². The lowest BCUT2D eigenvalue weighted by Crippen LogP contribution is -2.41. The fourth-order valence-corrected chi connectivity index (χ4v) is 2.21. The summed E-state index contributed by atoms with van der Waals surface area (Å²) in [5, 5.41) is 6.58. The second-order valence-electron chi connectivity index (χ2n) is 6.42. The van der Waals surface area contributed by atoms with Crippen molar-refractivity contribution in [1.29, 1.82) is 0 Å². The molecule has 1 aromatic rings. The summed E-state index contributed by atoms with van der Waals surface area (Å²) >= 11 is 0. The fourth-order valence-electron chi connectivity index (χ4n) is 2.21. The zero-order valence-corrected chi connectivity index (χ0v) is 18.9. The van der Waals surface area contributed by atoms with E-state index in [9.17, 15) is 4.79 Å². The Morgan fingerprint density at radius 1 is 1.23 bits per heavy atom. The third kappa shape index (κ3) is 9.84. The van der Waals surface area contributed by atoms with Crippen molar-refractivity contribution >= 4 is 35.8 Å². The molecule has 0 heterocycles. The van der Waals surface area contributed by atoms with Crippen LogP contribution in [0.15, 0.2) is 29.3 Å². The largest absolute Gasteiger partial charge is 0.497 e. The van der Waals surface area contributed by atoms with E-state index in [0.717, 1.165) is 31.7 Å². The molecule has 1 rings (SSSR count). The number of aliphatic imine (C=N–C) groups is 1. The lowest BCUT2D eigenvalue weighted by Gasteiger charge is -2.17. The number of methoxy groups -OCH3 is 1. The Morgan fingerprint density at radius 2 is 1.88 bits per heavy atom. The van der Waals surface area contributed by atoms with Crippen LogP contribution in [0.1, 0.15) is 25.8 Å². The smallest absolute Gasteiger partial charge is 0.243 e. The van der Waals surface area contributed by atoms with E-state index in [4.69, 9.17) is 4.74 Å². The van der Waals surface area contributed by atoms with Gasteiger partial charge in [0, 0.05) is 27.2 Å². The molecule has 0 aromatic heterocycles. The van der Waals surface area contributed by atoms with Crippen molar-refractivity contribution < 1.29 is 9.53 Å². The number of hydrogen-bond acceptors (Lipinski definition) is 3. The van der Waals surface area contributed by atoms with Crippen molar-refractivity contribution in [3.05, 3.63) is 29.8 Å². The van der Waals surface area contributed by atoms with Crippen LogP contribution in [-0.2, 0) is 11.2 Å². The highest BCUT2D eigenvalue weighted by Gasteiger charge is 2.07. The summed E-state index contributed by atoms with van der Waals surface area (Å²) in [6, 6.07) is 8.15. The number of carbonyl (C=O) groups is 1. The van der Waals surface area contributed by atoms with Gasteiger partial charge in [-0.2, -0.15) is 0 Å². The molecule has 0 fully saturated rings. The normalized spacial score (nSPS) is 12.0. The van der Waals surface area contributed by atoms with E-state index in [0.29, 0.717) is 11.9 Å². The summed E-state index contributed by atoms with van der Waals surface area (Å²) in [6.45, 7) is 6.06. The molecule has 1 aromatic carbocycles. The van der Waals surface area contributed by atoms with E-state index < -0.39 is 0 Å². The number of guanidine groups is 1. The van der Waals surface area contributed by atoms with E-state index in [2.05, 4.69) is 41.6 Å². The highest BCUT2D eigenvalue weighted by molar-refractivity contribution is 14.0. The van der Waals surface area contributed by atoms with Crippen LogP contribution in [0.5, 0.6) is 5.75 Å². The first-order chi connectivity index (χ1) is 12.0. The number of likely N-dealkylation sites (N-methyl/N-ethyl adjacent to an activating group) is 1. The second-order valence-corrected chi connectivity index (χ2v) is 6.42. The molecular formula is C19H33IN4O2. The minimum atomic E-state index is -0.0103. The Labute approximate surface area is 174 Å². The van der Waals surface area contributed by atoms with Gasteiger partial charge in [0.25, 0.3) is 0 Å². The van der Waals surface area contributed by atoms with Crippen LogP contribution in [0.4, 0.5) is 0 Å². The van der Waals surface area contributed by atoms with Crippen molar-refractivity contribution in [2.45, 2.75) is 26.7 Å². The number of halogens is 1. The minimum absolute atomic E-state index is 0. The Bertz CT molecular complexity index is 547. The molecular weight excluding hydrogens is 443 g/mol. The van der Waals surface area contributed by atoms with Gasteiger partial charge in [-0.1, -0.05) is 26.0 Å². The maximum absolute atomic E-state index is 11.7. The highest BCUT2D eigenvalue weighted by atomic mass is 127. The van der Waals surface area contributed by atoms with Gasteiger partial charge in [-0.3, -0.25) is 4.79 Å². The molecule has 2 N–H and O–H groups in total. The predicted molar refractivity (Wildman–Crippen MR) is 119 cm³/mol. The first-order valence-electron chi connectivity index (χ1n) is 8.81. The molecule has 7 heteroatoms. The Morgan fingerprint density at radius 3 is 2.42 bits per heavy atom. The van der Waals surface area contributed by atoms with Crippen molar-refractivity contribution in [3.63, 3.8) is 0 Å². The van der Waals surface area contributed by atoms with Crippen molar-refractivity contribution in [2.24, 2.45) is 10.9 Å². The van der Waals surface area contributed by atoms with Crippen LogP contribution in [0, 0.1) is 5.92 Å². The Kier molecular flexibility index (Phi) is 12.9. The molecule has 0 saturated carbocycles. The average molecular weight is 476 g/mol. The van der Waals surface area contributed by atoms with Crippen LogP contribution in [0.3, 0.4) is 0 Å². The third-order valence-corrected chi connectivity index (χ3v) is 3.77. The third-order valence-electron chi connectivity index (χ3n) is 3.77. The number of carbonyl (C=O) groups excluding carboxylic acids is 1. The fraction of sp³-hybridized carbons (Fsp3) is 0.579. The number of amides is 1. The molecule has 0 bridgehead atoms. The molecule has 0 spiro atoms. The maximum atomic E-state index is 11.7. The first kappa shape index (κ1) is 24.5. The SMILES string of the molecule is CCCNC(=NCC(=O)N(C)C)NCC(C)Cc1ccc(OC)cc1.I. The Balaban J connectivity index is 0.00000625. The number of rotatable bonds is 9. The number of nitrogens with one attached hydrogen (secondary N) is 2. The van der Waals surface area contributed by atoms with E-state index >= 15 is 0 Å². The molecule has 0 radical (unpaired) electrons. The molecule has 26 heavy (non-hydrogen) atoms. The van der Waals surface area contributed by atoms with E-state index in [-0.39, 0.29) is 36.4 Å². The van der Waals surface area contributed by atoms with Gasteiger partial charge < -0.3 is 20.3 Å². The molecule has 0 aliphatic heterocycles. The molecule has 148 valence electrons. The zero-order valence-electron chi connectivity index (χ0n) is 16.5. The van der Waals surface area contributed by atoms with E-state index in [1.165, 1.54) is 5.56 Å². The predicted octanol–water partition coefficient (Wildman–Crippen LogP) is 2.53. The molecule has 0 aliphatic rings. The van der Waals surface area contributed by atoms with E-state index in [1.807, 2.05) is 12.1 Å². The lowest BCUT2D eigenvalue weighted by molar-refractivity contribution is -0.127. The van der Waals surface area contributed by atoms with Gasteiger partial charge >= 0.3 is 0 Å². The summed E-state index contributed by atoms with van der Waals surface area (Å²) in [5.74, 6) is 1.99. The summed E-state index contributed by atoms with van der Waals surface area (Å²) in [5.41, 5.74) is 1.28. The van der Waals surface area contributed by atoms with Gasteiger partial charge in [0.1, 0.15) is 12.3 Å². The van der Waals surface area contributed by atoms with Crippen molar-refractivity contribution in [1.82, 2.24) is 15.5 Å². The molecule has 1 unspecified atom stereocenters. The van der Waals surface area contributed by atoms with Gasteiger partial charge in [-0.05, 0) is 36.5 Å². The lowest BCUT2D eigenvalue weighted by atomic mass is 10.0. The molecule has 1 amide bonds. The molecule has 1 atom stereocenters. The average Bonchev–Trinajstić information content (AvgIpc) is 2.61. The van der Waals surface area contributed by atoms with Crippen LogP contribution < -0.4 is 15.4 Å². The summed E-state index contributed by atoms with van der Waals surface area (Å²) < 4.78 is 5.19. The summed E-state index contributed by atoms with van der Waals surface area (Å²) in [4.78, 5) is 17.6. The van der Waals surface area contributed by atoms with Gasteiger partial charge in [0.15, 0.2) is 5.96 Å². The summed E-state index contributed by atoms with van der Waals surface area (Å²) in [7, 11) is 5.15. The first-order valence-corrected chi connectivity index (χ1v) is 8.81. The number of nitrogens with zero attached hydrogens (tertiary/aromatic N) is 2. The number of ether oxygens (including phenoxy) is 1. The second kappa shape index (κ2) is 13.7. The highest BCUT2D eigenvalue weighted by Crippen LogP contribution is 2.14. The van der Waals surface area contributed by atoms with Crippen LogP contribution in [-0.4, -0.2) is 57.6 Å². The zero-order chi connectivity index (χ0) is 18.7. The standard InChI is InChI=1S/C19H32N4O2.HI/c1-6-11-20-19(22-14-18(24)23(3)4)21-13-15(2)12-16-7-9-17(25-5)10-8-16;/h7-10,15H,6,11-14H2,1-5H3,(H2,20,21,22);1H. The van der Waals surface area contributed by atoms with Crippen LogP contribution >= 0.6 is 24.0 Å². The van der Waals surface area contributed by atoms with Gasteiger partial charge in [-0.15, -0.1) is 24.0 Å². The minimum Gasteiger partial charge on any atom is -0.497 e. The monoisotopic (exact) mass is 476 g/mol. The maximum Gasteiger partial charge on any atom is 0.243 e. The Hall–Kier alpha value is -1.51. The molecule has 6 nitrogen and oxygen atoms in total. The van der Waals surface area contributed by atoms with Crippen molar-refractivity contribution in [3.8, 4) is 5.75 Å². The topological polar surface area (TPSA) is 66.0 Å². The quantitative estimate of drug-likeness (QED) is 0.327. The van der Waals surface area contributed by atoms with Gasteiger partial charge in [0.05, 0.1) is 7.11 Å². The molecule has 0 saturated heterocycles. The number of benzene rings is 1. The van der Waals surface area contributed by atoms with Gasteiger partial charge in [-0.25, -0.2) is 4.99 Å². The van der Waals surface area contributed by atoms with Crippen LogP contribution in [0.2, 0.25) is 0 Å².